The van der Waals surface area contributed by atoms with Crippen LogP contribution in [-0.4, -0.2) is 36.8 Å². The molecule has 0 unspecified atom stereocenters. The predicted octanol–water partition coefficient (Wildman–Crippen LogP) is 4.15. The number of anilines is 1. The number of nitrogens with one attached hydrogen (secondary N) is 1. The molecule has 0 aliphatic carbocycles. The maximum absolute atomic E-state index is 13.4. The van der Waals surface area contributed by atoms with Crippen LogP contribution >= 0.6 is 0 Å². The lowest BCUT2D eigenvalue weighted by atomic mass is 9.91. The number of hydrogen-bond donors (Lipinski definition) is 1. The highest BCUT2D eigenvalue weighted by Gasteiger charge is 2.22. The number of halogens is 1. The number of aldehydes is 1. The van der Waals surface area contributed by atoms with Gasteiger partial charge in [-0.3, -0.25) is 9.59 Å². The van der Waals surface area contributed by atoms with E-state index in [2.05, 4.69) is 15.2 Å². The Morgan fingerprint density at radius 3 is 2.87 bits per heavy atom. The molecule has 3 rings (SSSR count). The van der Waals surface area contributed by atoms with E-state index in [0.29, 0.717) is 23.8 Å². The average molecular weight is 413 g/mol. The van der Waals surface area contributed by atoms with Gasteiger partial charge in [0.15, 0.2) is 12.0 Å². The Kier molecular flexibility index (Phi) is 7.76. The number of piperidine rings is 1. The summed E-state index contributed by atoms with van der Waals surface area (Å²) in [6.07, 6.45) is 10.3. The van der Waals surface area contributed by atoms with Crippen molar-refractivity contribution in [3.63, 3.8) is 0 Å². The highest BCUT2D eigenvalue weighted by atomic mass is 19.1. The smallest absolute Gasteiger partial charge is 0.244 e. The number of aryl methyl sites for hydroxylation is 1. The molecule has 1 amide bonds. The molecule has 2 aromatic heterocycles. The molecular weight excluding hydrogens is 385 g/mol. The Morgan fingerprint density at radius 2 is 2.17 bits per heavy atom. The van der Waals surface area contributed by atoms with Crippen LogP contribution in [0.3, 0.4) is 0 Å². The number of rotatable bonds is 9. The molecule has 0 aromatic carbocycles. The van der Waals surface area contributed by atoms with Crippen LogP contribution in [0.15, 0.2) is 34.9 Å². The highest BCUT2D eigenvalue weighted by Crippen LogP contribution is 2.30. The third-order valence-corrected chi connectivity index (χ3v) is 5.52. The summed E-state index contributed by atoms with van der Waals surface area (Å²) in [5.41, 5.74) is 1.32. The van der Waals surface area contributed by atoms with Crippen LogP contribution in [0, 0.1) is 18.8 Å². The number of carbonyl (C=O) groups excluding carboxylic acids is 2. The fourth-order valence-electron chi connectivity index (χ4n) is 3.85. The molecule has 2 aromatic rings. The summed E-state index contributed by atoms with van der Waals surface area (Å²) in [4.78, 5) is 28.6. The van der Waals surface area contributed by atoms with Gasteiger partial charge < -0.3 is 14.6 Å². The van der Waals surface area contributed by atoms with E-state index < -0.39 is 5.95 Å². The molecule has 1 aliphatic heterocycles. The lowest BCUT2D eigenvalue weighted by molar-refractivity contribution is -0.116. The Bertz CT molecular complexity index is 886. The molecule has 0 bridgehead atoms. The first kappa shape index (κ1) is 21.7. The van der Waals surface area contributed by atoms with Gasteiger partial charge >= 0.3 is 0 Å². The Morgan fingerprint density at radius 1 is 1.37 bits per heavy atom. The van der Waals surface area contributed by atoms with Gasteiger partial charge in [-0.25, -0.2) is 4.98 Å². The molecule has 0 radical (unpaired) electrons. The van der Waals surface area contributed by atoms with Crippen molar-refractivity contribution in [3.8, 4) is 0 Å². The normalized spacial score (nSPS) is 14.9. The first-order valence-corrected chi connectivity index (χ1v) is 10.4. The van der Waals surface area contributed by atoms with E-state index >= 15 is 0 Å². The number of pyridine rings is 1. The van der Waals surface area contributed by atoms with E-state index in [9.17, 15) is 14.0 Å². The zero-order valence-electron chi connectivity index (χ0n) is 17.3. The van der Waals surface area contributed by atoms with Gasteiger partial charge in [0.05, 0.1) is 5.69 Å². The van der Waals surface area contributed by atoms with Gasteiger partial charge in [-0.2, -0.15) is 4.39 Å². The quantitative estimate of drug-likeness (QED) is 0.289. The van der Waals surface area contributed by atoms with Crippen molar-refractivity contribution in [1.29, 1.82) is 0 Å². The van der Waals surface area contributed by atoms with E-state index in [0.717, 1.165) is 62.9 Å². The number of unbranched alkanes of at least 4 members (excludes halogenated alkanes) is 1. The van der Waals surface area contributed by atoms with Crippen molar-refractivity contribution in [1.82, 2.24) is 10.3 Å². The van der Waals surface area contributed by atoms with E-state index in [1.54, 1.807) is 12.1 Å². The minimum atomic E-state index is -0.584. The van der Waals surface area contributed by atoms with E-state index in [4.69, 9.17) is 4.42 Å². The van der Waals surface area contributed by atoms with Gasteiger partial charge in [-0.15, -0.1) is 0 Å². The number of hydrogen-bond acceptors (Lipinski definition) is 5. The van der Waals surface area contributed by atoms with Crippen LogP contribution in [0.1, 0.15) is 54.0 Å². The summed E-state index contributed by atoms with van der Waals surface area (Å²) in [6.45, 7) is 4.44. The summed E-state index contributed by atoms with van der Waals surface area (Å²) in [7, 11) is 0. The lowest BCUT2D eigenvalue weighted by Gasteiger charge is -2.33. The zero-order chi connectivity index (χ0) is 21.3. The molecule has 0 atom stereocenters. The Hall–Kier alpha value is -2.96. The van der Waals surface area contributed by atoms with E-state index in [1.807, 2.05) is 13.0 Å². The van der Waals surface area contributed by atoms with Crippen LogP contribution in [0.4, 0.5) is 10.1 Å². The van der Waals surface area contributed by atoms with Crippen LogP contribution in [0.5, 0.6) is 0 Å². The second-order valence-electron chi connectivity index (χ2n) is 7.64. The standard InChI is InChI=1S/C23H28FN3O3/c1-17-21(15-20(16-28)30-17)27-13-9-18(10-14-27)5-2-3-11-25-22(29)8-7-19-6-4-12-26-23(19)24/h4,6-8,12,15-16,18H,2-3,5,9-11,13-14H2,1H3,(H,25,29)/b8-7+. The highest BCUT2D eigenvalue weighted by molar-refractivity contribution is 5.91. The Balaban J connectivity index is 1.30. The molecule has 1 aliphatic rings. The monoisotopic (exact) mass is 413 g/mol. The summed E-state index contributed by atoms with van der Waals surface area (Å²) >= 11 is 0. The van der Waals surface area contributed by atoms with E-state index in [-0.39, 0.29) is 5.91 Å². The second kappa shape index (κ2) is 10.7. The first-order valence-electron chi connectivity index (χ1n) is 10.4. The molecule has 0 saturated carbocycles. The van der Waals surface area contributed by atoms with Crippen LogP contribution < -0.4 is 10.2 Å². The molecule has 7 heteroatoms. The molecule has 1 fully saturated rings. The Labute approximate surface area is 176 Å². The summed E-state index contributed by atoms with van der Waals surface area (Å²) < 4.78 is 18.8. The average Bonchev–Trinajstić information content (AvgIpc) is 3.14. The number of aromatic nitrogens is 1. The van der Waals surface area contributed by atoms with Gasteiger partial charge in [0.25, 0.3) is 0 Å². The number of nitrogens with zero attached hydrogens (tertiary/aromatic N) is 2. The van der Waals surface area contributed by atoms with Crippen LogP contribution in [0.2, 0.25) is 0 Å². The fourth-order valence-corrected chi connectivity index (χ4v) is 3.85. The number of furan rings is 1. The van der Waals surface area contributed by atoms with Crippen molar-refractivity contribution >= 4 is 24.0 Å². The lowest BCUT2D eigenvalue weighted by Crippen LogP contribution is -2.33. The number of amides is 1. The topological polar surface area (TPSA) is 75.4 Å². The van der Waals surface area contributed by atoms with Crippen molar-refractivity contribution in [2.75, 3.05) is 24.5 Å². The second-order valence-corrected chi connectivity index (χ2v) is 7.64. The van der Waals surface area contributed by atoms with Crippen molar-refractivity contribution in [2.24, 2.45) is 5.92 Å². The van der Waals surface area contributed by atoms with Crippen molar-refractivity contribution < 1.29 is 18.4 Å². The predicted molar refractivity (Wildman–Crippen MR) is 114 cm³/mol. The van der Waals surface area contributed by atoms with Gasteiger partial charge in [-0.1, -0.05) is 12.8 Å². The van der Waals surface area contributed by atoms with Gasteiger partial charge in [0.2, 0.25) is 11.9 Å². The fraction of sp³-hybridized carbons (Fsp3) is 0.435. The first-order chi connectivity index (χ1) is 14.6. The van der Waals surface area contributed by atoms with Crippen molar-refractivity contribution in [2.45, 2.75) is 39.0 Å². The summed E-state index contributed by atoms with van der Waals surface area (Å²) in [5.74, 6) is 1.05. The molecule has 3 heterocycles. The SMILES string of the molecule is Cc1oc(C=O)cc1N1CCC(CCCCNC(=O)/C=C/c2cccnc2F)CC1. The molecule has 6 nitrogen and oxygen atoms in total. The van der Waals surface area contributed by atoms with Crippen molar-refractivity contribution in [3.05, 3.63) is 53.5 Å². The molecule has 0 spiro atoms. The number of carbonyl (C=O) groups is 2. The third kappa shape index (κ3) is 6.02. The van der Waals surface area contributed by atoms with Gasteiger partial charge in [-0.05, 0) is 50.3 Å². The molecule has 160 valence electrons. The summed E-state index contributed by atoms with van der Waals surface area (Å²) in [5, 5.41) is 2.84. The van der Waals surface area contributed by atoms with Gasteiger partial charge in [0, 0.05) is 43.5 Å². The molecule has 1 saturated heterocycles. The maximum Gasteiger partial charge on any atom is 0.244 e. The van der Waals surface area contributed by atoms with Crippen LogP contribution in [-0.2, 0) is 4.79 Å². The molecule has 30 heavy (non-hydrogen) atoms. The molecule has 1 N–H and O–H groups in total. The van der Waals surface area contributed by atoms with E-state index in [1.165, 1.54) is 18.3 Å². The minimum absolute atomic E-state index is 0.225. The zero-order valence-corrected chi connectivity index (χ0v) is 17.3. The largest absolute Gasteiger partial charge is 0.456 e. The summed E-state index contributed by atoms with van der Waals surface area (Å²) in [6, 6.07) is 5.03. The third-order valence-electron chi connectivity index (χ3n) is 5.52. The van der Waals surface area contributed by atoms with Gasteiger partial charge in [0.1, 0.15) is 5.76 Å². The van der Waals surface area contributed by atoms with Crippen LogP contribution in [0.25, 0.3) is 6.08 Å². The maximum atomic E-state index is 13.4. The molecular formula is C23H28FN3O3. The minimum Gasteiger partial charge on any atom is -0.456 e.